The number of halogens is 1. The molecule has 2 N–H and O–H groups in total. The molecule has 28 heavy (non-hydrogen) atoms. The minimum Gasteiger partial charge on any atom is -0.494 e. The predicted molar refractivity (Wildman–Crippen MR) is 124 cm³/mol. The molecule has 0 aliphatic carbocycles. The number of nitrogens with zero attached hydrogens (tertiary/aromatic N) is 3. The maximum Gasteiger partial charge on any atom is 0.191 e. The van der Waals surface area contributed by atoms with Crippen LogP contribution in [0.5, 0.6) is 5.75 Å². The Morgan fingerprint density at radius 1 is 1.04 bits per heavy atom. The SMILES string of the molecule is CCOc1ccccc1CNC(=NC)NCc1ccc(-n2cccn2)cc1.I. The van der Waals surface area contributed by atoms with Crippen LogP contribution >= 0.6 is 24.0 Å². The number of ether oxygens (including phenoxy) is 1. The van der Waals surface area contributed by atoms with E-state index in [1.165, 1.54) is 5.56 Å². The Morgan fingerprint density at radius 3 is 2.46 bits per heavy atom. The van der Waals surface area contributed by atoms with Gasteiger partial charge < -0.3 is 15.4 Å². The number of hydrogen-bond donors (Lipinski definition) is 2. The molecule has 3 aromatic rings. The van der Waals surface area contributed by atoms with Crippen LogP contribution in [-0.2, 0) is 13.1 Å². The van der Waals surface area contributed by atoms with Crippen molar-refractivity contribution in [1.82, 2.24) is 20.4 Å². The van der Waals surface area contributed by atoms with Crippen LogP contribution in [0.15, 0.2) is 72.0 Å². The molecule has 0 spiro atoms. The molecule has 6 nitrogen and oxygen atoms in total. The number of guanidine groups is 1. The summed E-state index contributed by atoms with van der Waals surface area (Å²) in [6, 6.07) is 18.2. The van der Waals surface area contributed by atoms with Gasteiger partial charge in [0.25, 0.3) is 0 Å². The summed E-state index contributed by atoms with van der Waals surface area (Å²) in [5.41, 5.74) is 3.31. The molecule has 0 radical (unpaired) electrons. The monoisotopic (exact) mass is 491 g/mol. The summed E-state index contributed by atoms with van der Waals surface area (Å²) in [7, 11) is 1.77. The number of rotatable bonds is 7. The second-order valence-corrected chi connectivity index (χ2v) is 5.94. The molecule has 0 aliphatic rings. The van der Waals surface area contributed by atoms with Crippen LogP contribution in [0.2, 0.25) is 0 Å². The van der Waals surface area contributed by atoms with Gasteiger partial charge >= 0.3 is 0 Å². The van der Waals surface area contributed by atoms with E-state index in [0.29, 0.717) is 19.7 Å². The summed E-state index contributed by atoms with van der Waals surface area (Å²) in [5, 5.41) is 10.9. The Labute approximate surface area is 183 Å². The van der Waals surface area contributed by atoms with Crippen molar-refractivity contribution >= 4 is 29.9 Å². The third kappa shape index (κ3) is 5.98. The van der Waals surface area contributed by atoms with Gasteiger partial charge in [-0.05, 0) is 36.8 Å². The summed E-state index contributed by atoms with van der Waals surface area (Å²) >= 11 is 0. The molecule has 0 unspecified atom stereocenters. The maximum absolute atomic E-state index is 5.67. The largest absolute Gasteiger partial charge is 0.494 e. The Morgan fingerprint density at radius 2 is 1.79 bits per heavy atom. The van der Waals surface area contributed by atoms with Crippen LogP contribution in [0.25, 0.3) is 5.69 Å². The van der Waals surface area contributed by atoms with Gasteiger partial charge in [0.2, 0.25) is 0 Å². The molecular formula is C21H26IN5O. The molecular weight excluding hydrogens is 465 g/mol. The highest BCUT2D eigenvalue weighted by Gasteiger charge is 2.04. The smallest absolute Gasteiger partial charge is 0.191 e. The normalized spacial score (nSPS) is 10.9. The standard InChI is InChI=1S/C21H25N5O.HI/c1-3-27-20-8-5-4-7-18(20)16-24-21(22-2)23-15-17-9-11-19(12-10-17)26-14-6-13-25-26;/h4-14H,3,15-16H2,1-2H3,(H2,22,23,24);1H. The zero-order valence-electron chi connectivity index (χ0n) is 16.1. The minimum absolute atomic E-state index is 0. The zero-order chi connectivity index (χ0) is 18.9. The molecule has 3 rings (SSSR count). The Kier molecular flexibility index (Phi) is 8.80. The number of hydrogen-bond acceptors (Lipinski definition) is 3. The average Bonchev–Trinajstić information content (AvgIpc) is 3.25. The Balaban J connectivity index is 0.00000280. The van der Waals surface area contributed by atoms with Crippen LogP contribution in [0.4, 0.5) is 0 Å². The van der Waals surface area contributed by atoms with E-state index in [-0.39, 0.29) is 24.0 Å². The minimum atomic E-state index is 0. The van der Waals surface area contributed by atoms with Gasteiger partial charge in [0, 0.05) is 38.1 Å². The lowest BCUT2D eigenvalue weighted by atomic mass is 10.2. The van der Waals surface area contributed by atoms with Gasteiger partial charge in [0.15, 0.2) is 5.96 Å². The molecule has 2 aromatic carbocycles. The first-order chi connectivity index (χ1) is 13.3. The van der Waals surface area contributed by atoms with Gasteiger partial charge in [-0.1, -0.05) is 30.3 Å². The van der Waals surface area contributed by atoms with Crippen LogP contribution in [0.3, 0.4) is 0 Å². The fourth-order valence-electron chi connectivity index (χ4n) is 2.72. The molecule has 148 valence electrons. The van der Waals surface area contributed by atoms with Crippen LogP contribution in [0, 0.1) is 0 Å². The lowest BCUT2D eigenvalue weighted by molar-refractivity contribution is 0.336. The molecule has 7 heteroatoms. The van der Waals surface area contributed by atoms with Gasteiger partial charge in [0.1, 0.15) is 5.75 Å². The first-order valence-electron chi connectivity index (χ1n) is 9.04. The van der Waals surface area contributed by atoms with E-state index in [1.807, 2.05) is 42.1 Å². The Hall–Kier alpha value is -2.55. The van der Waals surface area contributed by atoms with E-state index in [1.54, 1.807) is 13.2 Å². The first kappa shape index (κ1) is 21.7. The van der Waals surface area contributed by atoms with Crippen molar-refractivity contribution in [3.63, 3.8) is 0 Å². The lowest BCUT2D eigenvalue weighted by Gasteiger charge is -2.14. The quantitative estimate of drug-likeness (QED) is 0.300. The number of aromatic nitrogens is 2. The number of para-hydroxylation sites is 1. The van der Waals surface area contributed by atoms with Crippen LogP contribution in [-0.4, -0.2) is 29.4 Å². The van der Waals surface area contributed by atoms with Crippen molar-refractivity contribution in [2.75, 3.05) is 13.7 Å². The Bertz CT molecular complexity index is 863. The molecule has 0 aliphatic heterocycles. The second kappa shape index (κ2) is 11.3. The molecule has 0 saturated heterocycles. The topological polar surface area (TPSA) is 63.5 Å². The lowest BCUT2D eigenvalue weighted by Crippen LogP contribution is -2.36. The summed E-state index contributed by atoms with van der Waals surface area (Å²) < 4.78 is 7.51. The van der Waals surface area contributed by atoms with Crippen molar-refractivity contribution < 1.29 is 4.74 Å². The predicted octanol–water partition coefficient (Wildman–Crippen LogP) is 3.75. The van der Waals surface area contributed by atoms with Crippen molar-refractivity contribution in [3.8, 4) is 11.4 Å². The van der Waals surface area contributed by atoms with E-state index < -0.39 is 0 Å². The van der Waals surface area contributed by atoms with E-state index >= 15 is 0 Å². The van der Waals surface area contributed by atoms with Gasteiger partial charge in [-0.15, -0.1) is 24.0 Å². The van der Waals surface area contributed by atoms with Crippen LogP contribution < -0.4 is 15.4 Å². The molecule has 0 saturated carbocycles. The molecule has 1 heterocycles. The fraction of sp³-hybridized carbons (Fsp3) is 0.238. The van der Waals surface area contributed by atoms with Crippen molar-refractivity contribution in [1.29, 1.82) is 0 Å². The zero-order valence-corrected chi connectivity index (χ0v) is 18.5. The summed E-state index contributed by atoms with van der Waals surface area (Å²) in [6.45, 7) is 3.97. The van der Waals surface area contributed by atoms with Gasteiger partial charge in [-0.3, -0.25) is 4.99 Å². The highest BCUT2D eigenvalue weighted by molar-refractivity contribution is 14.0. The van der Waals surface area contributed by atoms with E-state index in [2.05, 4.69) is 51.1 Å². The van der Waals surface area contributed by atoms with Gasteiger partial charge in [-0.2, -0.15) is 5.10 Å². The van der Waals surface area contributed by atoms with Gasteiger partial charge in [0.05, 0.1) is 12.3 Å². The van der Waals surface area contributed by atoms with Gasteiger partial charge in [-0.25, -0.2) is 4.68 Å². The average molecular weight is 491 g/mol. The van der Waals surface area contributed by atoms with E-state index in [0.717, 1.165) is 23.0 Å². The highest BCUT2D eigenvalue weighted by atomic mass is 127. The number of benzene rings is 2. The van der Waals surface area contributed by atoms with E-state index in [9.17, 15) is 0 Å². The van der Waals surface area contributed by atoms with E-state index in [4.69, 9.17) is 4.74 Å². The molecule has 1 aromatic heterocycles. The van der Waals surface area contributed by atoms with Crippen molar-refractivity contribution in [3.05, 3.63) is 78.1 Å². The highest BCUT2D eigenvalue weighted by Crippen LogP contribution is 2.17. The maximum atomic E-state index is 5.67. The third-order valence-electron chi connectivity index (χ3n) is 4.11. The molecule has 0 amide bonds. The van der Waals surface area contributed by atoms with Crippen LogP contribution in [0.1, 0.15) is 18.1 Å². The third-order valence-corrected chi connectivity index (χ3v) is 4.11. The summed E-state index contributed by atoms with van der Waals surface area (Å²) in [5.74, 6) is 1.65. The molecule has 0 fully saturated rings. The van der Waals surface area contributed by atoms with Crippen molar-refractivity contribution in [2.24, 2.45) is 4.99 Å². The fourth-order valence-corrected chi connectivity index (χ4v) is 2.72. The number of nitrogens with one attached hydrogen (secondary N) is 2. The number of aliphatic imine (C=N–C) groups is 1. The summed E-state index contributed by atoms with van der Waals surface area (Å²) in [4.78, 5) is 4.29. The van der Waals surface area contributed by atoms with Crippen molar-refractivity contribution in [2.45, 2.75) is 20.0 Å². The molecule has 0 bridgehead atoms. The summed E-state index contributed by atoms with van der Waals surface area (Å²) in [6.07, 6.45) is 3.70. The first-order valence-corrected chi connectivity index (χ1v) is 9.04. The second-order valence-electron chi connectivity index (χ2n) is 5.94. The molecule has 0 atom stereocenters.